The van der Waals surface area contributed by atoms with Gasteiger partial charge in [-0.3, -0.25) is 9.35 Å². The molecule has 7 heteroatoms. The molecule has 2 N–H and O–H groups in total. The maximum absolute atomic E-state index is 11.9. The molecule has 1 amide bonds. The number of carbonyl (C=O) groups excluding carboxylic acids is 1. The van der Waals surface area contributed by atoms with Crippen molar-refractivity contribution < 1.29 is 21.9 Å². The van der Waals surface area contributed by atoms with Crippen LogP contribution >= 0.6 is 0 Å². The van der Waals surface area contributed by atoms with Crippen LogP contribution in [0.1, 0.15) is 85.0 Å². The highest BCUT2D eigenvalue weighted by Gasteiger charge is 2.19. The second-order valence-corrected chi connectivity index (χ2v) is 7.80. The number of amides is 1. The van der Waals surface area contributed by atoms with Gasteiger partial charge in [0, 0.05) is 6.42 Å². The van der Waals surface area contributed by atoms with Gasteiger partial charge in [0.25, 0.3) is 0 Å². The first kappa shape index (κ1) is 23.3. The summed E-state index contributed by atoms with van der Waals surface area (Å²) in [5.41, 5.74) is 0. The predicted molar refractivity (Wildman–Crippen MR) is 96.1 cm³/mol. The molecule has 0 aliphatic carbocycles. The molecule has 0 saturated heterocycles. The van der Waals surface area contributed by atoms with Crippen molar-refractivity contribution in [1.29, 1.82) is 0 Å². The van der Waals surface area contributed by atoms with Crippen LogP contribution in [0.5, 0.6) is 0 Å². The van der Waals surface area contributed by atoms with Crippen LogP contribution in [0, 0.1) is 5.92 Å². The Bertz CT molecular complexity index is 423. The lowest BCUT2D eigenvalue weighted by Crippen LogP contribution is -2.42. The molecule has 0 bridgehead atoms. The first-order valence-corrected chi connectivity index (χ1v) is 10.5. The minimum absolute atomic E-state index is 0.0128. The fourth-order valence-electron chi connectivity index (χ4n) is 2.44. The molecule has 1 atom stereocenters. The Hall–Kier alpha value is -0.660. The van der Waals surface area contributed by atoms with Gasteiger partial charge in [-0.1, -0.05) is 72.1 Å². The van der Waals surface area contributed by atoms with Crippen LogP contribution in [0.25, 0.3) is 0 Å². The van der Waals surface area contributed by atoms with Gasteiger partial charge in [-0.25, -0.2) is 4.18 Å². The summed E-state index contributed by atoms with van der Waals surface area (Å²) in [6.07, 6.45) is 11.2. The zero-order valence-corrected chi connectivity index (χ0v) is 16.2. The number of hydrogen-bond donors (Lipinski definition) is 2. The molecule has 0 rings (SSSR count). The Kier molecular flexibility index (Phi) is 13.2. The van der Waals surface area contributed by atoms with Crippen molar-refractivity contribution in [3.8, 4) is 0 Å². The normalized spacial score (nSPS) is 13.2. The summed E-state index contributed by atoms with van der Waals surface area (Å²) in [5, 5.41) is 2.77. The minimum atomic E-state index is -4.48. The third kappa shape index (κ3) is 14.9. The van der Waals surface area contributed by atoms with E-state index in [1.54, 1.807) is 0 Å². The molecule has 1 unspecified atom stereocenters. The van der Waals surface area contributed by atoms with E-state index in [4.69, 9.17) is 4.55 Å². The lowest BCUT2D eigenvalue weighted by molar-refractivity contribution is -0.122. The summed E-state index contributed by atoms with van der Waals surface area (Å²) in [6.45, 7) is 5.68. The van der Waals surface area contributed by atoms with Crippen molar-refractivity contribution in [3.63, 3.8) is 0 Å². The number of unbranched alkanes of at least 4 members (excludes halogenated alkanes) is 8. The summed E-state index contributed by atoms with van der Waals surface area (Å²) in [6, 6.07) is -0.432. The number of hydrogen-bond acceptors (Lipinski definition) is 4. The van der Waals surface area contributed by atoms with Crippen molar-refractivity contribution in [3.05, 3.63) is 0 Å². The molecule has 0 fully saturated rings. The van der Waals surface area contributed by atoms with Crippen LogP contribution in [-0.2, 0) is 19.4 Å². The van der Waals surface area contributed by atoms with E-state index in [2.05, 4.69) is 16.4 Å². The molecule has 0 spiro atoms. The topological polar surface area (TPSA) is 92.7 Å². The first-order chi connectivity index (χ1) is 11.3. The van der Waals surface area contributed by atoms with Crippen molar-refractivity contribution in [2.75, 3.05) is 6.61 Å². The highest BCUT2D eigenvalue weighted by Crippen LogP contribution is 2.11. The van der Waals surface area contributed by atoms with E-state index in [0.717, 1.165) is 19.3 Å². The average Bonchev–Trinajstić information content (AvgIpc) is 2.48. The Balaban J connectivity index is 3.78. The summed E-state index contributed by atoms with van der Waals surface area (Å²) in [4.78, 5) is 11.9. The van der Waals surface area contributed by atoms with Gasteiger partial charge in [0.1, 0.15) is 0 Å². The van der Waals surface area contributed by atoms with Crippen LogP contribution in [-0.4, -0.2) is 31.5 Å². The van der Waals surface area contributed by atoms with Crippen LogP contribution in [0.3, 0.4) is 0 Å². The zero-order chi connectivity index (χ0) is 18.4. The molecule has 0 saturated carbocycles. The molecule has 0 aliphatic heterocycles. The number of rotatable bonds is 15. The lowest BCUT2D eigenvalue weighted by Gasteiger charge is -2.21. The smallest absolute Gasteiger partial charge is 0.351 e. The average molecular weight is 366 g/mol. The molecular formula is C17H35NO5S. The van der Waals surface area contributed by atoms with Crippen LogP contribution in [0.2, 0.25) is 0 Å². The summed E-state index contributed by atoms with van der Waals surface area (Å²) >= 11 is 0. The summed E-state index contributed by atoms with van der Waals surface area (Å²) in [5.74, 6) is -0.0885. The van der Waals surface area contributed by atoms with Gasteiger partial charge in [-0.2, -0.15) is 8.42 Å². The Morgan fingerprint density at radius 2 is 1.50 bits per heavy atom. The summed E-state index contributed by atoms with van der Waals surface area (Å²) in [7, 11) is -4.48. The van der Waals surface area contributed by atoms with Crippen molar-refractivity contribution in [1.82, 2.24) is 5.32 Å². The van der Waals surface area contributed by atoms with E-state index in [0.29, 0.717) is 6.42 Å². The molecule has 24 heavy (non-hydrogen) atoms. The monoisotopic (exact) mass is 365 g/mol. The molecule has 0 aromatic heterocycles. The first-order valence-electron chi connectivity index (χ1n) is 9.17. The molecule has 144 valence electrons. The van der Waals surface area contributed by atoms with Gasteiger partial charge in [0.15, 0.2) is 0 Å². The van der Waals surface area contributed by atoms with E-state index < -0.39 is 16.4 Å². The Labute approximate surface area is 147 Å². The van der Waals surface area contributed by atoms with E-state index in [-0.39, 0.29) is 18.4 Å². The molecule has 0 aromatic rings. The van der Waals surface area contributed by atoms with Crippen molar-refractivity contribution >= 4 is 16.3 Å². The third-order valence-electron chi connectivity index (χ3n) is 4.06. The predicted octanol–water partition coefficient (Wildman–Crippen LogP) is 3.87. The molecule has 0 heterocycles. The van der Waals surface area contributed by atoms with Crippen LogP contribution < -0.4 is 5.32 Å². The van der Waals surface area contributed by atoms with Gasteiger partial charge in [0.05, 0.1) is 12.6 Å². The molecule has 0 aliphatic rings. The fraction of sp³-hybridized carbons (Fsp3) is 0.941. The van der Waals surface area contributed by atoms with Gasteiger partial charge >= 0.3 is 10.4 Å². The maximum atomic E-state index is 11.9. The fourth-order valence-corrected chi connectivity index (χ4v) is 2.75. The van der Waals surface area contributed by atoms with Crippen LogP contribution in [0.4, 0.5) is 0 Å². The van der Waals surface area contributed by atoms with Gasteiger partial charge in [0.2, 0.25) is 5.91 Å². The number of carbonyl (C=O) groups is 1. The minimum Gasteiger partial charge on any atom is -0.351 e. The standard InChI is InChI=1S/C17H35NO5S/c1-4-5-6-7-8-9-10-11-12-13-17(19)18-16(15(2)3)14-23-24(20,21)22/h15-16H,4-14H2,1-3H3,(H,18,19)(H,20,21,22). The van der Waals surface area contributed by atoms with E-state index in [1.165, 1.54) is 38.5 Å². The van der Waals surface area contributed by atoms with Gasteiger partial charge < -0.3 is 5.32 Å². The van der Waals surface area contributed by atoms with E-state index in [1.807, 2.05) is 13.8 Å². The van der Waals surface area contributed by atoms with Crippen molar-refractivity contribution in [2.45, 2.75) is 91.0 Å². The summed E-state index contributed by atoms with van der Waals surface area (Å²) < 4.78 is 34.2. The zero-order valence-electron chi connectivity index (χ0n) is 15.4. The van der Waals surface area contributed by atoms with Gasteiger partial charge in [-0.05, 0) is 12.3 Å². The second kappa shape index (κ2) is 13.6. The Morgan fingerprint density at radius 1 is 1.00 bits per heavy atom. The maximum Gasteiger partial charge on any atom is 0.397 e. The molecular weight excluding hydrogens is 330 g/mol. The number of nitrogens with one attached hydrogen (secondary N) is 1. The molecule has 6 nitrogen and oxygen atoms in total. The third-order valence-corrected chi connectivity index (χ3v) is 4.49. The quantitative estimate of drug-likeness (QED) is 0.339. The highest BCUT2D eigenvalue weighted by molar-refractivity contribution is 7.80. The van der Waals surface area contributed by atoms with E-state index in [9.17, 15) is 13.2 Å². The largest absolute Gasteiger partial charge is 0.397 e. The van der Waals surface area contributed by atoms with Crippen LogP contribution in [0.15, 0.2) is 0 Å². The van der Waals surface area contributed by atoms with E-state index >= 15 is 0 Å². The second-order valence-electron chi connectivity index (χ2n) is 6.71. The highest BCUT2D eigenvalue weighted by atomic mass is 32.3. The molecule has 0 aromatic carbocycles. The SMILES string of the molecule is CCCCCCCCCCCC(=O)NC(COS(=O)(=O)O)C(C)C. The molecule has 0 radical (unpaired) electrons. The lowest BCUT2D eigenvalue weighted by atomic mass is 10.0. The van der Waals surface area contributed by atoms with Crippen molar-refractivity contribution in [2.24, 2.45) is 5.92 Å². The van der Waals surface area contributed by atoms with Gasteiger partial charge in [-0.15, -0.1) is 0 Å². The Morgan fingerprint density at radius 3 is 1.96 bits per heavy atom.